The van der Waals surface area contributed by atoms with Crippen LogP contribution in [0.2, 0.25) is 5.02 Å². The number of rotatable bonds is 8. The number of benzene rings is 1. The lowest BCUT2D eigenvalue weighted by Gasteiger charge is -2.41. The number of hydrogen-bond donors (Lipinski definition) is 1. The second kappa shape index (κ2) is 11.4. The number of piperidine rings is 1. The number of thiophene rings is 1. The van der Waals surface area contributed by atoms with Crippen LogP contribution in [0.3, 0.4) is 0 Å². The van der Waals surface area contributed by atoms with E-state index in [9.17, 15) is 9.90 Å². The summed E-state index contributed by atoms with van der Waals surface area (Å²) in [6.45, 7) is 2.14. The molecule has 1 aliphatic rings. The predicted molar refractivity (Wildman–Crippen MR) is 138 cm³/mol. The first-order valence-electron chi connectivity index (χ1n) is 11.6. The Labute approximate surface area is 213 Å². The molecule has 3 heterocycles. The van der Waals surface area contributed by atoms with Crippen molar-refractivity contribution in [1.82, 2.24) is 9.88 Å². The van der Waals surface area contributed by atoms with E-state index in [1.54, 1.807) is 36.6 Å². The Morgan fingerprint density at radius 1 is 1.37 bits per heavy atom. The van der Waals surface area contributed by atoms with Crippen LogP contribution >= 0.6 is 22.9 Å². The number of methoxy groups -OCH3 is 1. The van der Waals surface area contributed by atoms with Crippen LogP contribution in [0.15, 0.2) is 41.2 Å². The molecule has 1 fully saturated rings. The zero-order valence-corrected chi connectivity index (χ0v) is 21.2. The zero-order valence-electron chi connectivity index (χ0n) is 19.6. The molecular formula is C27H28ClFN2O3S. The highest BCUT2D eigenvalue weighted by atomic mass is 35.5. The van der Waals surface area contributed by atoms with Crippen molar-refractivity contribution in [3.63, 3.8) is 0 Å². The van der Waals surface area contributed by atoms with Crippen molar-refractivity contribution in [2.75, 3.05) is 26.7 Å². The van der Waals surface area contributed by atoms with Gasteiger partial charge >= 0.3 is 5.97 Å². The van der Waals surface area contributed by atoms with Crippen LogP contribution in [0.5, 0.6) is 5.75 Å². The molecule has 1 saturated heterocycles. The normalized spacial score (nSPS) is 16.4. The highest BCUT2D eigenvalue weighted by Gasteiger charge is 2.37. The van der Waals surface area contributed by atoms with Gasteiger partial charge in [-0.05, 0) is 73.8 Å². The summed E-state index contributed by atoms with van der Waals surface area (Å²) in [6.07, 6.45) is 2.24. The predicted octanol–water partition coefficient (Wildman–Crippen LogP) is 6.36. The third kappa shape index (κ3) is 6.32. The molecule has 2 aromatic heterocycles. The van der Waals surface area contributed by atoms with E-state index in [1.165, 1.54) is 6.20 Å². The van der Waals surface area contributed by atoms with E-state index in [1.807, 2.05) is 16.8 Å². The average Bonchev–Trinajstić information content (AvgIpc) is 3.36. The molecule has 0 aliphatic carbocycles. The minimum absolute atomic E-state index is 0.0345. The SMILES string of the molecule is COc1ccc2ncc(Cl)c(C(F)CCC3(CC(=O)O)CCN(CC#Cc4ccsc4)CC3)c2c1. The number of nitrogens with zero attached hydrogens (tertiary/aromatic N) is 2. The molecule has 0 amide bonds. The van der Waals surface area contributed by atoms with Crippen molar-refractivity contribution in [3.05, 3.63) is 57.4 Å². The summed E-state index contributed by atoms with van der Waals surface area (Å²) in [5.74, 6) is 6.12. The van der Waals surface area contributed by atoms with Crippen LogP contribution < -0.4 is 4.74 Å². The molecule has 4 rings (SSSR count). The van der Waals surface area contributed by atoms with Gasteiger partial charge in [0, 0.05) is 28.1 Å². The fourth-order valence-corrected chi connectivity index (χ4v) is 5.66. The van der Waals surface area contributed by atoms with Crippen LogP contribution in [0, 0.1) is 17.3 Å². The van der Waals surface area contributed by atoms with E-state index in [-0.39, 0.29) is 17.9 Å². The number of aliphatic carboxylic acids is 1. The maximum Gasteiger partial charge on any atom is 0.303 e. The molecule has 1 atom stereocenters. The van der Waals surface area contributed by atoms with E-state index >= 15 is 4.39 Å². The number of fused-ring (bicyclic) bond motifs is 1. The number of ether oxygens (including phenoxy) is 1. The second-order valence-corrected chi connectivity index (χ2v) is 10.3. The molecule has 0 spiro atoms. The summed E-state index contributed by atoms with van der Waals surface area (Å²) in [4.78, 5) is 18.2. The van der Waals surface area contributed by atoms with Gasteiger partial charge in [0.25, 0.3) is 0 Å². The number of aromatic nitrogens is 1. The van der Waals surface area contributed by atoms with Gasteiger partial charge in [-0.1, -0.05) is 23.4 Å². The van der Waals surface area contributed by atoms with Gasteiger partial charge in [-0.3, -0.25) is 14.7 Å². The number of pyridine rings is 1. The summed E-state index contributed by atoms with van der Waals surface area (Å²) in [6, 6.07) is 7.30. The quantitative estimate of drug-likeness (QED) is 0.354. The monoisotopic (exact) mass is 514 g/mol. The summed E-state index contributed by atoms with van der Waals surface area (Å²) in [7, 11) is 1.56. The summed E-state index contributed by atoms with van der Waals surface area (Å²) < 4.78 is 21.0. The first-order valence-corrected chi connectivity index (χ1v) is 12.9. The van der Waals surface area contributed by atoms with Crippen LogP contribution in [0.4, 0.5) is 4.39 Å². The van der Waals surface area contributed by atoms with Gasteiger partial charge in [0.2, 0.25) is 0 Å². The van der Waals surface area contributed by atoms with Crippen molar-refractivity contribution in [3.8, 4) is 17.6 Å². The molecule has 1 unspecified atom stereocenters. The lowest BCUT2D eigenvalue weighted by molar-refractivity contribution is -0.141. The number of carboxylic acid groups (broad SMARTS) is 1. The number of carboxylic acids is 1. The molecule has 5 nitrogen and oxygen atoms in total. The van der Waals surface area contributed by atoms with Gasteiger partial charge in [-0.15, -0.1) is 0 Å². The molecule has 8 heteroatoms. The Morgan fingerprint density at radius 3 is 2.86 bits per heavy atom. The van der Waals surface area contributed by atoms with E-state index in [4.69, 9.17) is 16.3 Å². The highest BCUT2D eigenvalue weighted by Crippen LogP contribution is 2.44. The Kier molecular flexibility index (Phi) is 8.27. The molecule has 1 aliphatic heterocycles. The average molecular weight is 515 g/mol. The molecule has 1 aromatic carbocycles. The largest absolute Gasteiger partial charge is 0.497 e. The van der Waals surface area contributed by atoms with E-state index < -0.39 is 17.6 Å². The molecule has 1 N–H and O–H groups in total. The topological polar surface area (TPSA) is 62.7 Å². The summed E-state index contributed by atoms with van der Waals surface area (Å²) in [5.41, 5.74) is 1.61. The van der Waals surface area contributed by atoms with Crippen molar-refractivity contribution >= 4 is 39.8 Å². The van der Waals surface area contributed by atoms with Gasteiger partial charge < -0.3 is 9.84 Å². The van der Waals surface area contributed by atoms with Crippen LogP contribution in [-0.4, -0.2) is 47.7 Å². The third-order valence-electron chi connectivity index (χ3n) is 6.81. The third-order valence-corrected chi connectivity index (χ3v) is 7.79. The minimum Gasteiger partial charge on any atom is -0.497 e. The number of hydrogen-bond acceptors (Lipinski definition) is 5. The molecule has 0 radical (unpaired) electrons. The molecule has 0 bridgehead atoms. The van der Waals surface area contributed by atoms with E-state index in [0.29, 0.717) is 48.0 Å². The van der Waals surface area contributed by atoms with Gasteiger partial charge in [-0.25, -0.2) is 4.39 Å². The first kappa shape index (κ1) is 25.4. The Bertz CT molecular complexity index is 1230. The lowest BCUT2D eigenvalue weighted by Crippen LogP contribution is -2.41. The van der Waals surface area contributed by atoms with Gasteiger partial charge in [0.15, 0.2) is 0 Å². The molecular weight excluding hydrogens is 487 g/mol. The summed E-state index contributed by atoms with van der Waals surface area (Å²) >= 11 is 8.00. The van der Waals surface area contributed by atoms with Crippen LogP contribution in [-0.2, 0) is 4.79 Å². The first-order chi connectivity index (χ1) is 16.9. The van der Waals surface area contributed by atoms with E-state index in [2.05, 4.69) is 21.7 Å². The number of carbonyl (C=O) groups is 1. The summed E-state index contributed by atoms with van der Waals surface area (Å²) in [5, 5.41) is 14.5. The fourth-order valence-electron chi connectivity index (χ4n) is 4.80. The lowest BCUT2D eigenvalue weighted by atomic mass is 9.71. The van der Waals surface area contributed by atoms with Crippen LogP contribution in [0.1, 0.15) is 49.4 Å². The molecule has 3 aromatic rings. The van der Waals surface area contributed by atoms with Crippen molar-refractivity contribution in [1.29, 1.82) is 0 Å². The minimum atomic E-state index is -1.33. The molecule has 0 saturated carbocycles. The smallest absolute Gasteiger partial charge is 0.303 e. The van der Waals surface area contributed by atoms with Gasteiger partial charge in [0.1, 0.15) is 11.9 Å². The van der Waals surface area contributed by atoms with Crippen LogP contribution in [0.25, 0.3) is 10.9 Å². The van der Waals surface area contributed by atoms with Gasteiger partial charge in [0.05, 0.1) is 30.6 Å². The maximum atomic E-state index is 15.7. The zero-order chi connectivity index (χ0) is 24.8. The Balaban J connectivity index is 1.44. The Morgan fingerprint density at radius 2 is 2.17 bits per heavy atom. The molecule has 184 valence electrons. The maximum absolute atomic E-state index is 15.7. The molecule has 35 heavy (non-hydrogen) atoms. The highest BCUT2D eigenvalue weighted by molar-refractivity contribution is 7.08. The van der Waals surface area contributed by atoms with Gasteiger partial charge in [-0.2, -0.15) is 11.3 Å². The van der Waals surface area contributed by atoms with Crippen molar-refractivity contribution in [2.24, 2.45) is 5.41 Å². The Hall–Kier alpha value is -2.66. The van der Waals surface area contributed by atoms with E-state index in [0.717, 1.165) is 18.7 Å². The van der Waals surface area contributed by atoms with Crippen molar-refractivity contribution in [2.45, 2.75) is 38.3 Å². The number of alkyl halides is 1. The number of likely N-dealkylation sites (tertiary alicyclic amines) is 1. The standard InChI is InChI=1S/C27H28ClFN2O3S/c1-34-20-4-5-24-21(15-20)26(22(28)17-30-24)23(29)6-8-27(16-25(32)33)9-12-31(13-10-27)11-2-3-19-7-14-35-18-19/h4-5,7,14-15,17-18,23H,6,8-13,16H2,1H3,(H,32,33). The second-order valence-electron chi connectivity index (χ2n) is 9.07. The van der Waals surface area contributed by atoms with Crippen molar-refractivity contribution < 1.29 is 19.0 Å². The fraction of sp³-hybridized carbons (Fsp3) is 0.407. The number of halogens is 2.